The number of carbonyl (C=O) groups excluding carboxylic acids is 2. The number of ketones is 1. The third-order valence-electron chi connectivity index (χ3n) is 7.16. The number of rotatable bonds is 9. The third kappa shape index (κ3) is 4.87. The summed E-state index contributed by atoms with van der Waals surface area (Å²) in [6, 6.07) is 15.2. The quantitative estimate of drug-likeness (QED) is 0.218. The first kappa shape index (κ1) is 23.8. The van der Waals surface area contributed by atoms with Gasteiger partial charge in [0.05, 0.1) is 18.8 Å². The molecule has 4 aromatic rings. The molecule has 2 aliphatic rings. The molecule has 2 N–H and O–H groups in total. The van der Waals surface area contributed by atoms with Crippen LogP contribution in [0.1, 0.15) is 51.5 Å². The van der Waals surface area contributed by atoms with Gasteiger partial charge in [-0.3, -0.25) is 9.59 Å². The van der Waals surface area contributed by atoms with E-state index in [9.17, 15) is 9.59 Å². The maximum absolute atomic E-state index is 13.4. The van der Waals surface area contributed by atoms with Crippen molar-refractivity contribution in [1.82, 2.24) is 4.57 Å². The highest BCUT2D eigenvalue weighted by atomic mass is 35.5. The standard InChI is InChI=1S/C30H27ClN2O4/c31-23-7-5-21-13-29(25(30(32)35)11-22(21)10-23)37-17-28(34)26-14-33(9-1-2-18-15-36-16-18)27-12-20(19-3-4-19)6-8-24(26)27/h2,5-8,10-14,19H,1,3-4,9,15-17H2,(H2,32,35). The average Bonchev–Trinajstić information content (AvgIpc) is 3.65. The Hall–Kier alpha value is -3.61. The highest BCUT2D eigenvalue weighted by molar-refractivity contribution is 6.31. The van der Waals surface area contributed by atoms with E-state index in [1.54, 1.807) is 24.3 Å². The van der Waals surface area contributed by atoms with Gasteiger partial charge in [-0.15, -0.1) is 0 Å². The van der Waals surface area contributed by atoms with E-state index in [2.05, 4.69) is 28.8 Å². The number of halogens is 1. The number of nitrogens with two attached hydrogens (primary N) is 1. The molecular formula is C30H27ClN2O4. The van der Waals surface area contributed by atoms with Crippen LogP contribution in [0.2, 0.25) is 5.02 Å². The van der Waals surface area contributed by atoms with E-state index in [4.69, 9.17) is 26.8 Å². The zero-order valence-corrected chi connectivity index (χ0v) is 21.1. The topological polar surface area (TPSA) is 83.6 Å². The largest absolute Gasteiger partial charge is 0.485 e. The minimum absolute atomic E-state index is 0.153. The molecule has 0 bridgehead atoms. The van der Waals surface area contributed by atoms with E-state index >= 15 is 0 Å². The minimum Gasteiger partial charge on any atom is -0.485 e. The summed E-state index contributed by atoms with van der Waals surface area (Å²) in [6.45, 7) is 2.01. The molecule has 0 spiro atoms. The van der Waals surface area contributed by atoms with E-state index in [0.717, 1.165) is 34.6 Å². The molecule has 6 rings (SSSR count). The average molecular weight is 515 g/mol. The second-order valence-electron chi connectivity index (χ2n) is 9.85. The number of amides is 1. The Morgan fingerprint density at radius 2 is 1.89 bits per heavy atom. The first-order valence-electron chi connectivity index (χ1n) is 12.5. The zero-order valence-electron chi connectivity index (χ0n) is 20.3. The van der Waals surface area contributed by atoms with Crippen LogP contribution >= 0.6 is 11.6 Å². The molecule has 1 aliphatic heterocycles. The van der Waals surface area contributed by atoms with Gasteiger partial charge in [-0.2, -0.15) is 0 Å². The fourth-order valence-corrected chi connectivity index (χ4v) is 5.09. The minimum atomic E-state index is -0.625. The smallest absolute Gasteiger partial charge is 0.252 e. The number of Topliss-reactive ketones (excluding diaryl/α,β-unsaturated/α-hetero) is 1. The first-order chi connectivity index (χ1) is 18.0. The fraction of sp³-hybridized carbons (Fsp3) is 0.267. The van der Waals surface area contributed by atoms with E-state index < -0.39 is 5.91 Å². The number of carbonyl (C=O) groups is 2. The molecule has 0 unspecified atom stereocenters. The summed E-state index contributed by atoms with van der Waals surface area (Å²) in [6.07, 6.45) is 7.47. The molecule has 0 atom stereocenters. The Bertz CT molecular complexity index is 1580. The lowest BCUT2D eigenvalue weighted by molar-refractivity contribution is 0.0913. The van der Waals surface area contributed by atoms with Crippen LogP contribution in [0.4, 0.5) is 0 Å². The van der Waals surface area contributed by atoms with Crippen molar-refractivity contribution < 1.29 is 19.1 Å². The van der Waals surface area contributed by atoms with Crippen molar-refractivity contribution in [3.63, 3.8) is 0 Å². The van der Waals surface area contributed by atoms with Gasteiger partial charge in [0, 0.05) is 34.2 Å². The van der Waals surface area contributed by atoms with Crippen LogP contribution < -0.4 is 10.5 Å². The molecule has 6 nitrogen and oxygen atoms in total. The monoisotopic (exact) mass is 514 g/mol. The number of benzene rings is 3. The van der Waals surface area contributed by atoms with Crippen molar-refractivity contribution in [3.05, 3.63) is 88.1 Å². The maximum atomic E-state index is 13.4. The Kier molecular flexibility index (Phi) is 6.22. The van der Waals surface area contributed by atoms with Crippen LogP contribution in [0.5, 0.6) is 5.75 Å². The second kappa shape index (κ2) is 9.69. The number of hydrogen-bond acceptors (Lipinski definition) is 4. The van der Waals surface area contributed by atoms with Gasteiger partial charge < -0.3 is 19.8 Å². The SMILES string of the molecule is NC(=O)c1cc2cc(Cl)ccc2cc1OCC(=O)c1cn(CCC=C2COC2)c2cc(C3CC3)ccc12. The van der Waals surface area contributed by atoms with Crippen molar-refractivity contribution in [2.45, 2.75) is 31.7 Å². The van der Waals surface area contributed by atoms with Gasteiger partial charge >= 0.3 is 0 Å². The molecule has 37 heavy (non-hydrogen) atoms. The number of ether oxygens (including phenoxy) is 2. The van der Waals surface area contributed by atoms with Gasteiger partial charge in [0.1, 0.15) is 5.75 Å². The Labute approximate surface area is 219 Å². The number of aromatic nitrogens is 1. The summed E-state index contributed by atoms with van der Waals surface area (Å²) in [5.74, 6) is 0.129. The summed E-state index contributed by atoms with van der Waals surface area (Å²) >= 11 is 6.10. The van der Waals surface area contributed by atoms with Gasteiger partial charge in [-0.25, -0.2) is 0 Å². The van der Waals surface area contributed by atoms with Crippen molar-refractivity contribution >= 4 is 45.0 Å². The zero-order chi connectivity index (χ0) is 25.5. The lowest BCUT2D eigenvalue weighted by Crippen LogP contribution is -2.16. The predicted molar refractivity (Wildman–Crippen MR) is 145 cm³/mol. The third-order valence-corrected chi connectivity index (χ3v) is 7.39. The Morgan fingerprint density at radius 3 is 2.62 bits per heavy atom. The molecule has 1 saturated carbocycles. The molecule has 1 aromatic heterocycles. The Morgan fingerprint density at radius 1 is 1.05 bits per heavy atom. The lowest BCUT2D eigenvalue weighted by Gasteiger charge is -2.17. The molecule has 0 radical (unpaired) electrons. The highest BCUT2D eigenvalue weighted by Gasteiger charge is 2.25. The molecule has 7 heteroatoms. The van der Waals surface area contributed by atoms with Crippen molar-refractivity contribution in [2.24, 2.45) is 5.73 Å². The molecule has 1 saturated heterocycles. The van der Waals surface area contributed by atoms with E-state index in [0.29, 0.717) is 29.7 Å². The van der Waals surface area contributed by atoms with Crippen LogP contribution in [0.3, 0.4) is 0 Å². The van der Waals surface area contributed by atoms with Crippen LogP contribution in [-0.2, 0) is 11.3 Å². The van der Waals surface area contributed by atoms with Gasteiger partial charge in [0.15, 0.2) is 6.61 Å². The van der Waals surface area contributed by atoms with Crippen LogP contribution in [0.25, 0.3) is 21.7 Å². The van der Waals surface area contributed by atoms with Crippen molar-refractivity contribution in [2.75, 3.05) is 19.8 Å². The lowest BCUT2D eigenvalue weighted by atomic mass is 10.0. The molecular weight excluding hydrogens is 488 g/mol. The van der Waals surface area contributed by atoms with Crippen LogP contribution in [0, 0.1) is 0 Å². The summed E-state index contributed by atoms with van der Waals surface area (Å²) in [7, 11) is 0. The summed E-state index contributed by atoms with van der Waals surface area (Å²) in [5, 5.41) is 3.09. The molecule has 2 fully saturated rings. The first-order valence-corrected chi connectivity index (χ1v) is 12.9. The summed E-state index contributed by atoms with van der Waals surface area (Å²) in [4.78, 5) is 25.5. The molecule has 3 aromatic carbocycles. The molecule has 188 valence electrons. The van der Waals surface area contributed by atoms with Crippen molar-refractivity contribution in [1.29, 1.82) is 0 Å². The fourth-order valence-electron chi connectivity index (χ4n) is 4.91. The summed E-state index contributed by atoms with van der Waals surface area (Å²) < 4.78 is 13.3. The maximum Gasteiger partial charge on any atom is 0.252 e. The number of hydrogen-bond donors (Lipinski definition) is 1. The van der Waals surface area contributed by atoms with Crippen LogP contribution in [0.15, 0.2) is 66.4 Å². The number of aryl methyl sites for hydroxylation is 1. The van der Waals surface area contributed by atoms with Crippen molar-refractivity contribution in [3.8, 4) is 5.75 Å². The number of fused-ring (bicyclic) bond motifs is 2. The number of primary amides is 1. The van der Waals surface area contributed by atoms with Gasteiger partial charge in [-0.1, -0.05) is 35.9 Å². The predicted octanol–water partition coefficient (Wildman–Crippen LogP) is 6.03. The Balaban J connectivity index is 1.28. The van der Waals surface area contributed by atoms with E-state index in [1.165, 1.54) is 24.0 Å². The van der Waals surface area contributed by atoms with Gasteiger partial charge in [-0.05, 0) is 77.4 Å². The molecule has 1 aliphatic carbocycles. The van der Waals surface area contributed by atoms with E-state index in [-0.39, 0.29) is 23.7 Å². The normalized spacial score (nSPS) is 15.1. The number of allylic oxidation sites excluding steroid dienone is 1. The molecule has 2 heterocycles. The van der Waals surface area contributed by atoms with Gasteiger partial charge in [0.2, 0.25) is 5.78 Å². The van der Waals surface area contributed by atoms with Crippen LogP contribution in [-0.4, -0.2) is 36.1 Å². The molecule has 1 amide bonds. The highest BCUT2D eigenvalue weighted by Crippen LogP contribution is 2.41. The van der Waals surface area contributed by atoms with Gasteiger partial charge in [0.25, 0.3) is 5.91 Å². The second-order valence-corrected chi connectivity index (χ2v) is 10.3. The van der Waals surface area contributed by atoms with E-state index in [1.807, 2.05) is 12.3 Å². The number of nitrogens with zero attached hydrogens (tertiary/aromatic N) is 1. The summed E-state index contributed by atoms with van der Waals surface area (Å²) in [5.41, 5.74) is 10.2.